The van der Waals surface area contributed by atoms with E-state index in [-0.39, 0.29) is 6.03 Å². The average molecular weight is 312 g/mol. The Morgan fingerprint density at radius 1 is 1.39 bits per heavy atom. The van der Waals surface area contributed by atoms with E-state index in [1.165, 1.54) is 11.1 Å². The summed E-state index contributed by atoms with van der Waals surface area (Å²) in [5, 5.41) is 6.21. The van der Waals surface area contributed by atoms with E-state index in [9.17, 15) is 4.79 Å². The average Bonchev–Trinajstić information content (AvgIpc) is 2.68. The van der Waals surface area contributed by atoms with Crippen molar-refractivity contribution in [3.8, 4) is 0 Å². The van der Waals surface area contributed by atoms with Crippen LogP contribution in [-0.4, -0.2) is 37.1 Å². The molecule has 4 nitrogen and oxygen atoms in total. The molecule has 1 aromatic rings. The fourth-order valence-electron chi connectivity index (χ4n) is 2.23. The molecule has 0 aliphatic carbocycles. The zero-order valence-electron chi connectivity index (χ0n) is 10.7. The molecule has 2 amide bonds. The van der Waals surface area contributed by atoms with E-state index in [2.05, 4.69) is 52.5 Å². The van der Waals surface area contributed by atoms with Crippen molar-refractivity contribution in [2.24, 2.45) is 0 Å². The van der Waals surface area contributed by atoms with Crippen molar-refractivity contribution < 1.29 is 4.79 Å². The number of rotatable bonds is 4. The van der Waals surface area contributed by atoms with Gasteiger partial charge in [0.2, 0.25) is 0 Å². The van der Waals surface area contributed by atoms with Crippen molar-refractivity contribution in [1.29, 1.82) is 0 Å². The molecule has 1 aliphatic heterocycles. The first-order chi connectivity index (χ1) is 8.58. The summed E-state index contributed by atoms with van der Waals surface area (Å²) in [5.41, 5.74) is 3.60. The van der Waals surface area contributed by atoms with E-state index >= 15 is 0 Å². The molecule has 1 heterocycles. The number of aryl methyl sites for hydroxylation is 2. The molecule has 98 valence electrons. The highest BCUT2D eigenvalue weighted by molar-refractivity contribution is 9.10. The highest BCUT2D eigenvalue weighted by Gasteiger charge is 2.18. The lowest BCUT2D eigenvalue weighted by atomic mass is 10.1. The van der Waals surface area contributed by atoms with Gasteiger partial charge in [-0.05, 0) is 37.1 Å². The van der Waals surface area contributed by atoms with E-state index in [0.717, 1.165) is 36.3 Å². The van der Waals surface area contributed by atoms with E-state index in [4.69, 9.17) is 0 Å². The molecule has 0 bridgehead atoms. The number of hydrogen-bond acceptors (Lipinski definition) is 2. The van der Waals surface area contributed by atoms with Crippen LogP contribution < -0.4 is 10.6 Å². The molecule has 1 aromatic carbocycles. The van der Waals surface area contributed by atoms with Gasteiger partial charge < -0.3 is 15.5 Å². The Kier molecular flexibility index (Phi) is 4.11. The molecule has 0 saturated carbocycles. The van der Waals surface area contributed by atoms with E-state index in [0.29, 0.717) is 0 Å². The zero-order chi connectivity index (χ0) is 13.1. The maximum absolute atomic E-state index is 11.4. The van der Waals surface area contributed by atoms with E-state index < -0.39 is 0 Å². The Bertz CT molecular complexity index is 439. The van der Waals surface area contributed by atoms with Crippen molar-refractivity contribution in [1.82, 2.24) is 10.2 Å². The van der Waals surface area contributed by atoms with Gasteiger partial charge in [-0.2, -0.15) is 0 Å². The first-order valence-electron chi connectivity index (χ1n) is 6.11. The van der Waals surface area contributed by atoms with Crippen LogP contribution in [0.5, 0.6) is 0 Å². The molecule has 1 saturated heterocycles. The second-order valence-electron chi connectivity index (χ2n) is 4.56. The Labute approximate surface area is 116 Å². The number of nitrogens with one attached hydrogen (secondary N) is 2. The third kappa shape index (κ3) is 2.96. The number of halogens is 1. The Balaban J connectivity index is 1.92. The molecule has 2 N–H and O–H groups in total. The van der Waals surface area contributed by atoms with Crippen LogP contribution >= 0.6 is 15.9 Å². The number of carbonyl (C=O) groups excluding carboxylic acids is 1. The minimum Gasteiger partial charge on any atom is -0.383 e. The number of amides is 2. The number of nitrogens with zero attached hydrogens (tertiary/aromatic N) is 1. The van der Waals surface area contributed by atoms with Gasteiger partial charge in [0.25, 0.3) is 0 Å². The second kappa shape index (κ2) is 5.61. The van der Waals surface area contributed by atoms with Gasteiger partial charge in [0.1, 0.15) is 0 Å². The Hall–Kier alpha value is -1.23. The zero-order valence-corrected chi connectivity index (χ0v) is 12.3. The summed E-state index contributed by atoms with van der Waals surface area (Å²) in [6.45, 7) is 7.25. The molecule has 0 radical (unpaired) electrons. The predicted molar refractivity (Wildman–Crippen MR) is 77.1 cm³/mol. The minimum absolute atomic E-state index is 0.0426. The molecular weight excluding hydrogens is 294 g/mol. The van der Waals surface area contributed by atoms with Gasteiger partial charge in [0.05, 0.1) is 0 Å². The van der Waals surface area contributed by atoms with Crippen LogP contribution in [0.15, 0.2) is 16.6 Å². The van der Waals surface area contributed by atoms with Gasteiger partial charge in [-0.15, -0.1) is 0 Å². The summed E-state index contributed by atoms with van der Waals surface area (Å²) >= 11 is 3.49. The lowest BCUT2D eigenvalue weighted by Gasteiger charge is -2.17. The normalized spacial score (nSPS) is 14.8. The fourth-order valence-corrected chi connectivity index (χ4v) is 2.92. The highest BCUT2D eigenvalue weighted by atomic mass is 79.9. The Morgan fingerprint density at radius 3 is 2.61 bits per heavy atom. The lowest BCUT2D eigenvalue weighted by molar-refractivity contribution is 0.219. The number of benzene rings is 1. The topological polar surface area (TPSA) is 44.4 Å². The van der Waals surface area contributed by atoms with Gasteiger partial charge in [0, 0.05) is 36.3 Å². The number of anilines is 1. The van der Waals surface area contributed by atoms with Crippen LogP contribution in [0.3, 0.4) is 0 Å². The van der Waals surface area contributed by atoms with Crippen molar-refractivity contribution >= 4 is 27.6 Å². The van der Waals surface area contributed by atoms with Crippen LogP contribution in [0, 0.1) is 13.8 Å². The third-order valence-electron chi connectivity index (χ3n) is 3.13. The quantitative estimate of drug-likeness (QED) is 0.897. The first kappa shape index (κ1) is 13.2. The molecule has 2 rings (SSSR count). The maximum atomic E-state index is 11.4. The largest absolute Gasteiger partial charge is 0.383 e. The van der Waals surface area contributed by atoms with E-state index in [1.54, 1.807) is 0 Å². The summed E-state index contributed by atoms with van der Waals surface area (Å²) in [7, 11) is 0. The summed E-state index contributed by atoms with van der Waals surface area (Å²) in [4.78, 5) is 13.2. The van der Waals surface area contributed by atoms with Crippen LogP contribution in [-0.2, 0) is 0 Å². The summed E-state index contributed by atoms with van der Waals surface area (Å²) in [6, 6.07) is 4.23. The molecule has 18 heavy (non-hydrogen) atoms. The fraction of sp³-hybridized carbons (Fsp3) is 0.462. The van der Waals surface area contributed by atoms with Crippen molar-refractivity contribution in [3.05, 3.63) is 27.7 Å². The van der Waals surface area contributed by atoms with Gasteiger partial charge in [0.15, 0.2) is 0 Å². The molecular formula is C13H18BrN3O. The molecule has 1 fully saturated rings. The number of carbonyl (C=O) groups is 1. The van der Waals surface area contributed by atoms with Gasteiger partial charge in [-0.3, -0.25) is 0 Å². The van der Waals surface area contributed by atoms with E-state index in [1.807, 2.05) is 4.90 Å². The predicted octanol–water partition coefficient (Wildman–Crippen LogP) is 2.50. The van der Waals surface area contributed by atoms with Crippen molar-refractivity contribution in [2.75, 3.05) is 31.5 Å². The van der Waals surface area contributed by atoms with Crippen LogP contribution in [0.4, 0.5) is 10.5 Å². The number of hydrogen-bond donors (Lipinski definition) is 2. The van der Waals surface area contributed by atoms with Gasteiger partial charge in [-0.1, -0.05) is 15.9 Å². The van der Waals surface area contributed by atoms with Crippen LogP contribution in [0.25, 0.3) is 0 Å². The third-order valence-corrected chi connectivity index (χ3v) is 3.58. The monoisotopic (exact) mass is 311 g/mol. The van der Waals surface area contributed by atoms with Crippen molar-refractivity contribution in [3.63, 3.8) is 0 Å². The SMILES string of the molecule is Cc1cc(Br)cc(C)c1NCCN1CCNC1=O. The maximum Gasteiger partial charge on any atom is 0.317 e. The summed E-state index contributed by atoms with van der Waals surface area (Å²) < 4.78 is 1.10. The van der Waals surface area contributed by atoms with Crippen LogP contribution in [0.1, 0.15) is 11.1 Å². The molecule has 0 unspecified atom stereocenters. The summed E-state index contributed by atoms with van der Waals surface area (Å²) in [6.07, 6.45) is 0. The standard InChI is InChI=1S/C13H18BrN3O/c1-9-7-11(14)8-10(2)12(9)15-3-5-17-6-4-16-13(17)18/h7-8,15H,3-6H2,1-2H3,(H,16,18). The minimum atomic E-state index is 0.0426. The molecule has 0 atom stereocenters. The molecule has 5 heteroatoms. The molecule has 0 aromatic heterocycles. The van der Waals surface area contributed by atoms with Gasteiger partial charge >= 0.3 is 6.03 Å². The van der Waals surface area contributed by atoms with Crippen molar-refractivity contribution in [2.45, 2.75) is 13.8 Å². The number of urea groups is 1. The summed E-state index contributed by atoms with van der Waals surface area (Å²) in [5.74, 6) is 0. The molecule has 0 spiro atoms. The first-order valence-corrected chi connectivity index (χ1v) is 6.90. The highest BCUT2D eigenvalue weighted by Crippen LogP contribution is 2.24. The smallest absolute Gasteiger partial charge is 0.317 e. The Morgan fingerprint density at radius 2 is 2.06 bits per heavy atom. The molecule has 1 aliphatic rings. The van der Waals surface area contributed by atoms with Gasteiger partial charge in [-0.25, -0.2) is 4.79 Å². The van der Waals surface area contributed by atoms with Crippen LogP contribution in [0.2, 0.25) is 0 Å². The second-order valence-corrected chi connectivity index (χ2v) is 5.48. The lowest BCUT2D eigenvalue weighted by Crippen LogP contribution is -2.32.